The van der Waals surface area contributed by atoms with Crippen molar-refractivity contribution in [1.29, 1.82) is 0 Å². The molecule has 0 saturated heterocycles. The summed E-state index contributed by atoms with van der Waals surface area (Å²) in [5.41, 5.74) is 4.77. The molecule has 0 N–H and O–H groups in total. The van der Waals surface area contributed by atoms with Crippen molar-refractivity contribution in [3.05, 3.63) is 87.1 Å². The van der Waals surface area contributed by atoms with Crippen LogP contribution in [-0.2, 0) is 0 Å². The molecular formula is C20H17ClN2S. The van der Waals surface area contributed by atoms with E-state index in [1.165, 1.54) is 16.0 Å². The standard InChI is InChI=1S/C20H17ClN2S/c1-14-4-6-15(7-5-14)19-13-18(20-3-2-12-24-20)22-23(19)17-10-8-16(21)9-11-17/h2-12,19H,13H2,1H3/t19-/m1/s1. The van der Waals surface area contributed by atoms with E-state index in [9.17, 15) is 0 Å². The molecule has 0 unspecified atom stereocenters. The molecule has 0 radical (unpaired) electrons. The second-order valence-electron chi connectivity index (χ2n) is 5.98. The van der Waals surface area contributed by atoms with E-state index in [0.717, 1.165) is 22.8 Å². The summed E-state index contributed by atoms with van der Waals surface area (Å²) < 4.78 is 0. The Morgan fingerprint density at radius 2 is 1.79 bits per heavy atom. The van der Waals surface area contributed by atoms with Crippen LogP contribution >= 0.6 is 22.9 Å². The molecular weight excluding hydrogens is 336 g/mol. The van der Waals surface area contributed by atoms with Crippen molar-refractivity contribution in [2.75, 3.05) is 5.01 Å². The first-order chi connectivity index (χ1) is 11.7. The van der Waals surface area contributed by atoms with Gasteiger partial charge < -0.3 is 0 Å². The van der Waals surface area contributed by atoms with Crippen LogP contribution in [0.15, 0.2) is 71.1 Å². The molecule has 2 nitrogen and oxygen atoms in total. The highest BCUT2D eigenvalue weighted by atomic mass is 35.5. The lowest BCUT2D eigenvalue weighted by molar-refractivity contribution is 0.709. The predicted molar refractivity (Wildman–Crippen MR) is 103 cm³/mol. The molecule has 2 aromatic carbocycles. The van der Waals surface area contributed by atoms with Crippen molar-refractivity contribution in [1.82, 2.24) is 0 Å². The zero-order valence-electron chi connectivity index (χ0n) is 13.3. The van der Waals surface area contributed by atoms with Crippen LogP contribution in [0.2, 0.25) is 5.02 Å². The Hall–Kier alpha value is -2.10. The molecule has 1 atom stereocenters. The summed E-state index contributed by atoms with van der Waals surface area (Å²) in [7, 11) is 0. The molecule has 3 aromatic rings. The van der Waals surface area contributed by atoms with Crippen LogP contribution in [0.1, 0.15) is 28.5 Å². The minimum absolute atomic E-state index is 0.212. The fourth-order valence-corrected chi connectivity index (χ4v) is 3.83. The van der Waals surface area contributed by atoms with Crippen LogP contribution in [0.3, 0.4) is 0 Å². The normalized spacial score (nSPS) is 17.2. The minimum Gasteiger partial charge on any atom is -0.257 e. The van der Waals surface area contributed by atoms with Gasteiger partial charge in [0.2, 0.25) is 0 Å². The molecule has 1 aromatic heterocycles. The van der Waals surface area contributed by atoms with Crippen molar-refractivity contribution < 1.29 is 0 Å². The van der Waals surface area contributed by atoms with Crippen LogP contribution in [0.4, 0.5) is 5.69 Å². The fraction of sp³-hybridized carbons (Fsp3) is 0.150. The third-order valence-corrected chi connectivity index (χ3v) is 5.44. The van der Waals surface area contributed by atoms with Gasteiger partial charge >= 0.3 is 0 Å². The summed E-state index contributed by atoms with van der Waals surface area (Å²) in [5.74, 6) is 0. The highest BCUT2D eigenvalue weighted by molar-refractivity contribution is 7.12. The molecule has 4 heteroatoms. The Labute approximate surface area is 151 Å². The van der Waals surface area contributed by atoms with Crippen molar-refractivity contribution in [3.63, 3.8) is 0 Å². The Morgan fingerprint density at radius 3 is 2.46 bits per heavy atom. The van der Waals surface area contributed by atoms with Gasteiger partial charge in [-0.3, -0.25) is 5.01 Å². The summed E-state index contributed by atoms with van der Waals surface area (Å²) in [4.78, 5) is 1.24. The minimum atomic E-state index is 0.212. The zero-order chi connectivity index (χ0) is 16.5. The van der Waals surface area contributed by atoms with Gasteiger partial charge in [-0.15, -0.1) is 11.3 Å². The number of hydrogen-bond donors (Lipinski definition) is 0. The summed E-state index contributed by atoms with van der Waals surface area (Å²) in [5, 5.41) is 9.89. The van der Waals surface area contributed by atoms with Gasteiger partial charge in [0.15, 0.2) is 0 Å². The summed E-state index contributed by atoms with van der Waals surface area (Å²) in [6.45, 7) is 2.11. The molecule has 4 rings (SSSR count). The summed E-state index contributed by atoms with van der Waals surface area (Å²) in [6.07, 6.45) is 0.909. The number of anilines is 1. The lowest BCUT2D eigenvalue weighted by Crippen LogP contribution is -2.18. The monoisotopic (exact) mass is 352 g/mol. The van der Waals surface area contributed by atoms with E-state index in [0.29, 0.717) is 0 Å². The van der Waals surface area contributed by atoms with Crippen LogP contribution in [0.5, 0.6) is 0 Å². The van der Waals surface area contributed by atoms with Gasteiger partial charge in [0.1, 0.15) is 0 Å². The highest BCUT2D eigenvalue weighted by Gasteiger charge is 2.30. The Morgan fingerprint density at radius 1 is 1.04 bits per heavy atom. The molecule has 24 heavy (non-hydrogen) atoms. The van der Waals surface area contributed by atoms with Crippen molar-refractivity contribution in [2.45, 2.75) is 19.4 Å². The van der Waals surface area contributed by atoms with Crippen LogP contribution in [0.25, 0.3) is 0 Å². The Balaban J connectivity index is 1.74. The molecule has 1 aliphatic heterocycles. The van der Waals surface area contributed by atoms with E-state index >= 15 is 0 Å². The molecule has 0 saturated carbocycles. The maximum atomic E-state index is 6.05. The van der Waals surface area contributed by atoms with Crippen LogP contribution < -0.4 is 5.01 Å². The fourth-order valence-electron chi connectivity index (χ4n) is 2.98. The zero-order valence-corrected chi connectivity index (χ0v) is 14.9. The number of hydrogen-bond acceptors (Lipinski definition) is 3. The smallest absolute Gasteiger partial charge is 0.0832 e. The second-order valence-corrected chi connectivity index (χ2v) is 7.36. The number of hydrazone groups is 1. The number of thiophene rings is 1. The lowest BCUT2D eigenvalue weighted by atomic mass is 10.00. The average molecular weight is 353 g/mol. The highest BCUT2D eigenvalue weighted by Crippen LogP contribution is 2.37. The van der Waals surface area contributed by atoms with Gasteiger partial charge in [-0.2, -0.15) is 5.10 Å². The second kappa shape index (κ2) is 6.42. The maximum Gasteiger partial charge on any atom is 0.0832 e. The van der Waals surface area contributed by atoms with Crippen molar-refractivity contribution >= 4 is 34.3 Å². The third kappa shape index (κ3) is 2.97. The number of aryl methyl sites for hydroxylation is 1. The van der Waals surface area contributed by atoms with E-state index in [4.69, 9.17) is 16.7 Å². The molecule has 0 bridgehead atoms. The lowest BCUT2D eigenvalue weighted by Gasteiger charge is -2.24. The largest absolute Gasteiger partial charge is 0.257 e. The predicted octanol–water partition coefficient (Wildman–Crippen LogP) is 6.07. The molecule has 0 fully saturated rings. The van der Waals surface area contributed by atoms with E-state index < -0.39 is 0 Å². The van der Waals surface area contributed by atoms with E-state index in [2.05, 4.69) is 53.7 Å². The van der Waals surface area contributed by atoms with Gasteiger partial charge in [-0.25, -0.2) is 0 Å². The van der Waals surface area contributed by atoms with Gasteiger partial charge in [0.05, 0.1) is 22.3 Å². The maximum absolute atomic E-state index is 6.05. The molecule has 0 amide bonds. The SMILES string of the molecule is Cc1ccc([C@H]2CC(c3cccs3)=NN2c2ccc(Cl)cc2)cc1. The van der Waals surface area contributed by atoms with Gasteiger partial charge in [0.25, 0.3) is 0 Å². The van der Waals surface area contributed by atoms with Crippen molar-refractivity contribution in [3.8, 4) is 0 Å². The van der Waals surface area contributed by atoms with E-state index in [1.807, 2.05) is 24.3 Å². The molecule has 0 spiro atoms. The number of benzene rings is 2. The number of halogens is 1. The first-order valence-corrected chi connectivity index (χ1v) is 9.19. The number of rotatable bonds is 3. The van der Waals surface area contributed by atoms with Gasteiger partial charge in [-0.05, 0) is 48.2 Å². The Bertz CT molecular complexity index is 852. The first-order valence-electron chi connectivity index (χ1n) is 7.93. The topological polar surface area (TPSA) is 15.6 Å². The van der Waals surface area contributed by atoms with Gasteiger partial charge in [-0.1, -0.05) is 47.5 Å². The number of nitrogens with zero attached hydrogens (tertiary/aromatic N) is 2. The molecule has 120 valence electrons. The van der Waals surface area contributed by atoms with E-state index in [1.54, 1.807) is 11.3 Å². The van der Waals surface area contributed by atoms with E-state index in [-0.39, 0.29) is 6.04 Å². The quantitative estimate of drug-likeness (QED) is 0.559. The average Bonchev–Trinajstić information content (AvgIpc) is 3.26. The van der Waals surface area contributed by atoms with Crippen LogP contribution in [-0.4, -0.2) is 5.71 Å². The summed E-state index contributed by atoms with van der Waals surface area (Å²) in [6, 6.07) is 21.1. The van der Waals surface area contributed by atoms with Crippen molar-refractivity contribution in [2.24, 2.45) is 5.10 Å². The van der Waals surface area contributed by atoms with Gasteiger partial charge in [0, 0.05) is 11.4 Å². The first kappa shape index (κ1) is 15.4. The Kier molecular flexibility index (Phi) is 4.13. The summed E-state index contributed by atoms with van der Waals surface area (Å²) >= 11 is 7.79. The van der Waals surface area contributed by atoms with Crippen LogP contribution in [0, 0.1) is 6.92 Å². The molecule has 0 aliphatic carbocycles. The molecule has 2 heterocycles. The third-order valence-electron chi connectivity index (χ3n) is 4.27. The molecule has 1 aliphatic rings.